The molecule has 7 nitrogen and oxygen atoms in total. The van der Waals surface area contributed by atoms with Crippen molar-refractivity contribution < 1.29 is 19.4 Å². The van der Waals surface area contributed by atoms with Crippen LogP contribution < -0.4 is 11.1 Å². The van der Waals surface area contributed by atoms with Crippen molar-refractivity contribution in [2.45, 2.75) is 19.4 Å². The van der Waals surface area contributed by atoms with Crippen molar-refractivity contribution >= 4 is 17.0 Å². The third-order valence-corrected chi connectivity index (χ3v) is 3.91. The molecule has 0 unspecified atom stereocenters. The van der Waals surface area contributed by atoms with E-state index in [1.807, 2.05) is 0 Å². The molecule has 7 heteroatoms. The molecule has 2 aromatic carbocycles. The first-order valence-corrected chi connectivity index (χ1v) is 7.90. The highest BCUT2D eigenvalue weighted by atomic mass is 16.4. The number of hydrogen-bond acceptors (Lipinski definition) is 5. The van der Waals surface area contributed by atoms with Crippen LogP contribution in [0.5, 0.6) is 11.5 Å². The van der Waals surface area contributed by atoms with Crippen LogP contribution in [0.25, 0.3) is 11.1 Å². The Labute approximate surface area is 143 Å². The molecular formula is C18H18N2O5. The van der Waals surface area contributed by atoms with E-state index < -0.39 is 5.76 Å². The zero-order chi connectivity index (χ0) is 17.8. The second kappa shape index (κ2) is 7.12. The number of amides is 1. The molecule has 1 heterocycles. The molecule has 3 N–H and O–H groups in total. The minimum absolute atomic E-state index is 0.157. The molecule has 0 saturated carbocycles. The molecule has 0 bridgehead atoms. The maximum atomic E-state index is 12.0. The molecule has 0 aliphatic carbocycles. The summed E-state index contributed by atoms with van der Waals surface area (Å²) in [7, 11) is 0. The van der Waals surface area contributed by atoms with Gasteiger partial charge in [-0.25, -0.2) is 4.79 Å². The van der Waals surface area contributed by atoms with Crippen LogP contribution in [0.4, 0.5) is 0 Å². The summed E-state index contributed by atoms with van der Waals surface area (Å²) < 4.78 is 6.56. The molecule has 25 heavy (non-hydrogen) atoms. The van der Waals surface area contributed by atoms with Crippen LogP contribution >= 0.6 is 0 Å². The molecule has 130 valence electrons. The Morgan fingerprint density at radius 2 is 1.92 bits per heavy atom. The first-order valence-electron chi connectivity index (χ1n) is 7.90. The molecule has 0 aliphatic heterocycles. The smallest absolute Gasteiger partial charge is 0.419 e. The second-order valence-electron chi connectivity index (χ2n) is 5.66. The lowest BCUT2D eigenvalue weighted by Crippen LogP contribution is -2.27. The van der Waals surface area contributed by atoms with Gasteiger partial charge in [0.2, 0.25) is 5.91 Å². The summed E-state index contributed by atoms with van der Waals surface area (Å²) in [5.74, 6) is -1.02. The van der Waals surface area contributed by atoms with Crippen molar-refractivity contribution in [1.29, 1.82) is 0 Å². The quantitative estimate of drug-likeness (QED) is 0.592. The fourth-order valence-corrected chi connectivity index (χ4v) is 2.60. The lowest BCUT2D eigenvalue weighted by atomic mass is 10.1. The van der Waals surface area contributed by atoms with Crippen LogP contribution in [-0.4, -0.2) is 27.2 Å². The Morgan fingerprint density at radius 3 is 2.72 bits per heavy atom. The van der Waals surface area contributed by atoms with Crippen LogP contribution in [0.2, 0.25) is 0 Å². The summed E-state index contributed by atoms with van der Waals surface area (Å²) in [6.45, 7) is 0.631. The van der Waals surface area contributed by atoms with Crippen LogP contribution in [0.1, 0.15) is 12.0 Å². The van der Waals surface area contributed by atoms with Gasteiger partial charge in [0.05, 0.1) is 5.52 Å². The Hall–Kier alpha value is -3.22. The number of carbonyl (C=O) groups excluding carboxylic acids is 1. The third-order valence-electron chi connectivity index (χ3n) is 3.91. The molecule has 0 atom stereocenters. The monoisotopic (exact) mass is 342 g/mol. The number of phenols is 2. The number of nitrogens with one attached hydrogen (secondary N) is 1. The number of hydrogen-bond donors (Lipinski definition) is 3. The first-order chi connectivity index (χ1) is 12.0. The molecule has 3 aromatic rings. The SMILES string of the molecule is O=C(CCn1c(=O)oc2ccccc21)NCCc1ccc(O)c(O)c1. The number of nitrogens with zero attached hydrogens (tertiary/aromatic N) is 1. The highest BCUT2D eigenvalue weighted by molar-refractivity contribution is 5.76. The maximum absolute atomic E-state index is 12.0. The van der Waals surface area contributed by atoms with Gasteiger partial charge < -0.3 is 19.9 Å². The van der Waals surface area contributed by atoms with Crippen LogP contribution in [-0.2, 0) is 17.8 Å². The maximum Gasteiger partial charge on any atom is 0.419 e. The number of rotatable bonds is 6. The topological polar surface area (TPSA) is 105 Å². The summed E-state index contributed by atoms with van der Waals surface area (Å²) in [6.07, 6.45) is 0.679. The van der Waals surface area contributed by atoms with Crippen molar-refractivity contribution in [1.82, 2.24) is 9.88 Å². The minimum atomic E-state index is -0.478. The van der Waals surface area contributed by atoms with Gasteiger partial charge in [-0.3, -0.25) is 9.36 Å². The zero-order valence-electron chi connectivity index (χ0n) is 13.4. The van der Waals surface area contributed by atoms with E-state index in [1.54, 1.807) is 30.3 Å². The Balaban J connectivity index is 1.52. The van der Waals surface area contributed by atoms with Crippen LogP contribution in [0.15, 0.2) is 51.7 Å². The Kier molecular flexibility index (Phi) is 4.74. The standard InChI is InChI=1S/C18H18N2O5/c21-14-6-5-12(11-15(14)22)7-9-19-17(23)8-10-20-13-3-1-2-4-16(13)25-18(20)24/h1-6,11,21-22H,7-10H2,(H,19,23). The number of oxazole rings is 1. The molecule has 0 aliphatic rings. The molecule has 3 rings (SSSR count). The van der Waals surface area contributed by atoms with E-state index in [2.05, 4.69) is 5.32 Å². The molecule has 0 radical (unpaired) electrons. The van der Waals surface area contributed by atoms with Crippen LogP contribution in [0, 0.1) is 0 Å². The highest BCUT2D eigenvalue weighted by Crippen LogP contribution is 2.24. The summed E-state index contributed by atoms with van der Waals surface area (Å²) in [4.78, 5) is 23.8. The lowest BCUT2D eigenvalue weighted by Gasteiger charge is -2.07. The van der Waals surface area contributed by atoms with Gasteiger partial charge in [0.1, 0.15) is 0 Å². The highest BCUT2D eigenvalue weighted by Gasteiger charge is 2.10. The molecule has 1 aromatic heterocycles. The van der Waals surface area contributed by atoms with E-state index in [0.29, 0.717) is 24.1 Å². The molecule has 0 fully saturated rings. The third kappa shape index (κ3) is 3.82. The van der Waals surface area contributed by atoms with Gasteiger partial charge in [0.25, 0.3) is 0 Å². The molecular weight excluding hydrogens is 324 g/mol. The molecule has 0 saturated heterocycles. The van der Waals surface area contributed by atoms with Gasteiger partial charge in [-0.15, -0.1) is 0 Å². The minimum Gasteiger partial charge on any atom is -0.504 e. The van der Waals surface area contributed by atoms with E-state index in [0.717, 1.165) is 5.56 Å². The van der Waals surface area contributed by atoms with E-state index in [4.69, 9.17) is 4.42 Å². The van der Waals surface area contributed by atoms with Gasteiger partial charge in [-0.1, -0.05) is 18.2 Å². The van der Waals surface area contributed by atoms with Crippen molar-refractivity contribution in [3.8, 4) is 11.5 Å². The molecule has 1 amide bonds. The first kappa shape index (κ1) is 16.6. The number of aryl methyl sites for hydroxylation is 1. The van der Waals surface area contributed by atoms with Crippen molar-refractivity contribution in [2.24, 2.45) is 0 Å². The largest absolute Gasteiger partial charge is 0.504 e. The van der Waals surface area contributed by atoms with E-state index >= 15 is 0 Å². The summed E-state index contributed by atoms with van der Waals surface area (Å²) >= 11 is 0. The van der Waals surface area contributed by atoms with E-state index in [1.165, 1.54) is 16.7 Å². The second-order valence-corrected chi connectivity index (χ2v) is 5.66. The van der Waals surface area contributed by atoms with E-state index in [9.17, 15) is 19.8 Å². The lowest BCUT2D eigenvalue weighted by molar-refractivity contribution is -0.121. The number of benzene rings is 2. The fourth-order valence-electron chi connectivity index (χ4n) is 2.60. The summed E-state index contributed by atoms with van der Waals surface area (Å²) in [6, 6.07) is 11.6. The number of carbonyl (C=O) groups is 1. The number of para-hydroxylation sites is 2. The predicted molar refractivity (Wildman–Crippen MR) is 91.6 cm³/mol. The average Bonchev–Trinajstić information content (AvgIpc) is 2.91. The van der Waals surface area contributed by atoms with E-state index in [-0.39, 0.29) is 30.4 Å². The van der Waals surface area contributed by atoms with Gasteiger partial charge in [0, 0.05) is 19.5 Å². The normalized spacial score (nSPS) is 10.9. The van der Waals surface area contributed by atoms with Gasteiger partial charge in [0.15, 0.2) is 17.1 Å². The Bertz CT molecular complexity index is 957. The van der Waals surface area contributed by atoms with Crippen molar-refractivity contribution in [3.05, 3.63) is 58.6 Å². The average molecular weight is 342 g/mol. The van der Waals surface area contributed by atoms with Gasteiger partial charge >= 0.3 is 5.76 Å². The number of aromatic hydroxyl groups is 2. The van der Waals surface area contributed by atoms with Crippen molar-refractivity contribution in [3.63, 3.8) is 0 Å². The zero-order valence-corrected chi connectivity index (χ0v) is 13.4. The van der Waals surface area contributed by atoms with Crippen molar-refractivity contribution in [2.75, 3.05) is 6.54 Å². The predicted octanol–water partition coefficient (Wildman–Crippen LogP) is 1.75. The van der Waals surface area contributed by atoms with Gasteiger partial charge in [-0.05, 0) is 36.2 Å². The number of fused-ring (bicyclic) bond motifs is 1. The Morgan fingerprint density at radius 1 is 1.12 bits per heavy atom. The fraction of sp³-hybridized carbons (Fsp3) is 0.222. The number of aromatic nitrogens is 1. The molecule has 0 spiro atoms. The summed E-state index contributed by atoms with van der Waals surface area (Å²) in [5, 5.41) is 21.5. The van der Waals surface area contributed by atoms with Gasteiger partial charge in [-0.2, -0.15) is 0 Å². The summed E-state index contributed by atoms with van der Waals surface area (Å²) in [5.41, 5.74) is 1.97. The van der Waals surface area contributed by atoms with Crippen LogP contribution in [0.3, 0.4) is 0 Å². The number of phenolic OH excluding ortho intramolecular Hbond substituents is 2.